The Morgan fingerprint density at radius 1 is 1.03 bits per heavy atom. The lowest BCUT2D eigenvalue weighted by Crippen LogP contribution is -2.29. The number of aliphatic carboxylic acids is 1. The molecule has 1 unspecified atom stereocenters. The number of benzene rings is 2. The number of hydrogen-bond acceptors (Lipinski definition) is 6. The number of nitrogens with zero attached hydrogens (tertiary/aromatic N) is 2. The average molecular weight is 474 g/mol. The molecule has 2 heterocycles. The zero-order chi connectivity index (χ0) is 24.1. The van der Waals surface area contributed by atoms with Crippen LogP contribution in [0.5, 0.6) is 0 Å². The standard InChI is InChI=1S/C28H31N3O4/c32-26(33)19-23-18-24(30-34-23)20-11-13-21(14-12-20)27-29-25(35-31-27)10-7-17-28(15-5-2-6-16-28)22-8-3-1-4-9-22/h1,3-4,8-9,11-14,18,23,30H,2,5-7,10,15-17,19H2,(H,32,33). The number of carboxylic acid groups (broad SMARTS) is 1. The third-order valence-electron chi connectivity index (χ3n) is 7.21. The van der Waals surface area contributed by atoms with Crippen LogP contribution < -0.4 is 5.48 Å². The highest BCUT2D eigenvalue weighted by molar-refractivity contribution is 5.71. The Morgan fingerprint density at radius 2 is 1.77 bits per heavy atom. The van der Waals surface area contributed by atoms with Crippen molar-refractivity contribution in [1.29, 1.82) is 0 Å². The average Bonchev–Trinajstić information content (AvgIpc) is 3.55. The summed E-state index contributed by atoms with van der Waals surface area (Å²) in [6, 6.07) is 18.7. The predicted octanol–water partition coefficient (Wildman–Crippen LogP) is 5.68. The summed E-state index contributed by atoms with van der Waals surface area (Å²) >= 11 is 0. The Kier molecular flexibility index (Phi) is 6.95. The van der Waals surface area contributed by atoms with Crippen LogP contribution in [0.2, 0.25) is 0 Å². The first kappa shape index (κ1) is 23.3. The van der Waals surface area contributed by atoms with Crippen molar-refractivity contribution in [2.75, 3.05) is 0 Å². The quantitative estimate of drug-likeness (QED) is 0.413. The molecule has 1 aliphatic carbocycles. The molecule has 7 nitrogen and oxygen atoms in total. The van der Waals surface area contributed by atoms with Gasteiger partial charge in [-0.15, -0.1) is 0 Å². The van der Waals surface area contributed by atoms with Crippen LogP contribution in [0.3, 0.4) is 0 Å². The van der Waals surface area contributed by atoms with E-state index >= 15 is 0 Å². The van der Waals surface area contributed by atoms with Gasteiger partial charge in [-0.2, -0.15) is 4.98 Å². The van der Waals surface area contributed by atoms with Crippen molar-refractivity contribution in [3.8, 4) is 11.4 Å². The fraction of sp³-hybridized carbons (Fsp3) is 0.393. The van der Waals surface area contributed by atoms with E-state index in [2.05, 4.69) is 46.0 Å². The molecule has 2 N–H and O–H groups in total. The number of carboxylic acids is 1. The third-order valence-corrected chi connectivity index (χ3v) is 7.21. The summed E-state index contributed by atoms with van der Waals surface area (Å²) in [7, 11) is 0. The van der Waals surface area contributed by atoms with Crippen LogP contribution in [0.15, 0.2) is 65.2 Å². The van der Waals surface area contributed by atoms with E-state index < -0.39 is 12.1 Å². The van der Waals surface area contributed by atoms with Crippen LogP contribution >= 0.6 is 0 Å². The summed E-state index contributed by atoms with van der Waals surface area (Å²) in [5, 5.41) is 13.1. The summed E-state index contributed by atoms with van der Waals surface area (Å²) < 4.78 is 5.57. The van der Waals surface area contributed by atoms with Crippen LogP contribution in [0.1, 0.15) is 68.4 Å². The molecule has 1 aliphatic heterocycles. The molecular formula is C28H31N3O4. The van der Waals surface area contributed by atoms with Crippen LogP contribution in [0.4, 0.5) is 0 Å². The van der Waals surface area contributed by atoms with Gasteiger partial charge in [0.1, 0.15) is 6.10 Å². The van der Waals surface area contributed by atoms with Gasteiger partial charge in [0.15, 0.2) is 0 Å². The van der Waals surface area contributed by atoms with Crippen molar-refractivity contribution < 1.29 is 19.3 Å². The number of nitrogens with one attached hydrogen (secondary N) is 1. The van der Waals surface area contributed by atoms with Gasteiger partial charge in [0.25, 0.3) is 0 Å². The van der Waals surface area contributed by atoms with E-state index in [0.29, 0.717) is 11.7 Å². The van der Waals surface area contributed by atoms with Gasteiger partial charge in [-0.1, -0.05) is 79.0 Å². The molecule has 1 saturated carbocycles. The Balaban J connectivity index is 1.20. The van der Waals surface area contributed by atoms with Crippen LogP contribution in [-0.2, 0) is 21.5 Å². The van der Waals surface area contributed by atoms with E-state index in [-0.39, 0.29) is 11.8 Å². The van der Waals surface area contributed by atoms with Crippen molar-refractivity contribution >= 4 is 11.7 Å². The highest BCUT2D eigenvalue weighted by atomic mass is 16.7. The molecule has 3 aromatic rings. The number of hydrogen-bond donors (Lipinski definition) is 2. The van der Waals surface area contributed by atoms with Crippen molar-refractivity contribution in [2.45, 2.75) is 69.3 Å². The second-order valence-electron chi connectivity index (χ2n) is 9.59. The SMILES string of the molecule is O=C(O)CC1C=C(c2ccc(-c3noc(CCCC4(c5ccccc5)CCCCC4)n3)cc2)NO1. The fourth-order valence-corrected chi connectivity index (χ4v) is 5.37. The smallest absolute Gasteiger partial charge is 0.306 e. The lowest BCUT2D eigenvalue weighted by atomic mass is 9.67. The minimum absolute atomic E-state index is 0.0767. The molecule has 35 heavy (non-hydrogen) atoms. The molecule has 5 rings (SSSR count). The molecule has 0 bridgehead atoms. The first-order chi connectivity index (χ1) is 17.1. The fourth-order valence-electron chi connectivity index (χ4n) is 5.37. The first-order valence-corrected chi connectivity index (χ1v) is 12.5. The Labute approximate surface area is 205 Å². The highest BCUT2D eigenvalue weighted by Gasteiger charge is 2.33. The Morgan fingerprint density at radius 3 is 2.51 bits per heavy atom. The molecular weight excluding hydrogens is 442 g/mol. The molecule has 7 heteroatoms. The van der Waals surface area contributed by atoms with Crippen molar-refractivity contribution in [3.05, 3.63) is 77.7 Å². The maximum absolute atomic E-state index is 10.9. The molecule has 0 amide bonds. The summed E-state index contributed by atoms with van der Waals surface area (Å²) in [5.74, 6) is 0.357. The molecule has 1 atom stereocenters. The molecule has 2 aliphatic rings. The summed E-state index contributed by atoms with van der Waals surface area (Å²) in [5.41, 5.74) is 7.08. The van der Waals surface area contributed by atoms with Gasteiger partial charge >= 0.3 is 5.97 Å². The number of aryl methyl sites for hydroxylation is 1. The summed E-state index contributed by atoms with van der Waals surface area (Å²) in [6.45, 7) is 0. The number of carbonyl (C=O) groups is 1. The normalized spacial score (nSPS) is 19.2. The van der Waals surface area contributed by atoms with Crippen LogP contribution in [-0.4, -0.2) is 27.3 Å². The minimum Gasteiger partial charge on any atom is -0.481 e. The van der Waals surface area contributed by atoms with Crippen molar-refractivity contribution in [3.63, 3.8) is 0 Å². The third kappa shape index (κ3) is 5.46. The summed E-state index contributed by atoms with van der Waals surface area (Å²) in [6.07, 6.45) is 10.6. The van der Waals surface area contributed by atoms with Gasteiger partial charge in [-0.25, -0.2) is 0 Å². The van der Waals surface area contributed by atoms with Crippen LogP contribution in [0.25, 0.3) is 17.1 Å². The molecule has 1 aromatic heterocycles. The summed E-state index contributed by atoms with van der Waals surface area (Å²) in [4.78, 5) is 20.8. The molecule has 0 radical (unpaired) electrons. The second kappa shape index (κ2) is 10.4. The minimum atomic E-state index is -0.897. The molecule has 1 fully saturated rings. The van der Waals surface area contributed by atoms with Gasteiger partial charge in [-0.3, -0.25) is 15.1 Å². The Bertz CT molecular complexity index is 1160. The van der Waals surface area contributed by atoms with Gasteiger partial charge in [0.05, 0.1) is 12.1 Å². The zero-order valence-corrected chi connectivity index (χ0v) is 19.8. The van der Waals surface area contributed by atoms with E-state index in [1.807, 2.05) is 24.3 Å². The van der Waals surface area contributed by atoms with E-state index in [4.69, 9.17) is 14.5 Å². The highest BCUT2D eigenvalue weighted by Crippen LogP contribution is 2.43. The lowest BCUT2D eigenvalue weighted by Gasteiger charge is -2.38. The number of hydroxylamine groups is 1. The number of aromatic nitrogens is 2. The molecule has 0 spiro atoms. The molecule has 0 saturated heterocycles. The van der Waals surface area contributed by atoms with Gasteiger partial charge in [0.2, 0.25) is 11.7 Å². The lowest BCUT2D eigenvalue weighted by molar-refractivity contribution is -0.139. The topological polar surface area (TPSA) is 97.5 Å². The van der Waals surface area contributed by atoms with Crippen molar-refractivity contribution in [1.82, 2.24) is 15.6 Å². The molecule has 182 valence electrons. The van der Waals surface area contributed by atoms with Crippen LogP contribution in [0, 0.1) is 0 Å². The van der Waals surface area contributed by atoms with Gasteiger partial charge < -0.3 is 9.63 Å². The van der Waals surface area contributed by atoms with Gasteiger partial charge in [-0.05, 0) is 48.3 Å². The largest absolute Gasteiger partial charge is 0.481 e. The second-order valence-corrected chi connectivity index (χ2v) is 9.59. The zero-order valence-electron chi connectivity index (χ0n) is 19.8. The van der Waals surface area contributed by atoms with E-state index in [1.165, 1.54) is 37.7 Å². The van der Waals surface area contributed by atoms with E-state index in [0.717, 1.165) is 36.1 Å². The first-order valence-electron chi connectivity index (χ1n) is 12.5. The Hall–Kier alpha value is -3.45. The molecule has 2 aromatic carbocycles. The van der Waals surface area contributed by atoms with E-state index in [9.17, 15) is 4.79 Å². The predicted molar refractivity (Wildman–Crippen MR) is 132 cm³/mol. The van der Waals surface area contributed by atoms with E-state index in [1.54, 1.807) is 6.08 Å². The monoisotopic (exact) mass is 473 g/mol. The van der Waals surface area contributed by atoms with Crippen molar-refractivity contribution in [2.24, 2.45) is 0 Å². The maximum atomic E-state index is 10.9. The number of rotatable bonds is 9. The maximum Gasteiger partial charge on any atom is 0.306 e. The van der Waals surface area contributed by atoms with Gasteiger partial charge in [0, 0.05) is 12.0 Å².